The fraction of sp³-hybridized carbons (Fsp3) is 0.375. The molecule has 5 heteroatoms. The van der Waals surface area contributed by atoms with Crippen LogP contribution >= 0.6 is 0 Å². The largest absolute Gasteiger partial charge is 0.493 e. The number of morpholine rings is 1. The van der Waals surface area contributed by atoms with Crippen molar-refractivity contribution in [1.29, 1.82) is 10.5 Å². The Hall–Kier alpha value is -3.64. The van der Waals surface area contributed by atoms with Crippen molar-refractivity contribution in [3.8, 4) is 17.9 Å². The van der Waals surface area contributed by atoms with Crippen molar-refractivity contribution in [2.24, 2.45) is 0 Å². The molecule has 0 aromatic heterocycles. The van der Waals surface area contributed by atoms with E-state index in [9.17, 15) is 5.26 Å². The number of nitrogens with zero attached hydrogens (tertiary/aromatic N) is 3. The molecule has 37 heavy (non-hydrogen) atoms. The number of ether oxygens (including phenoxy) is 2. The minimum Gasteiger partial charge on any atom is -0.493 e. The number of benzene rings is 2. The highest BCUT2D eigenvalue weighted by Crippen LogP contribution is 2.30. The van der Waals surface area contributed by atoms with Gasteiger partial charge in [0.05, 0.1) is 31.5 Å². The summed E-state index contributed by atoms with van der Waals surface area (Å²) in [5.41, 5.74) is 7.14. The predicted octanol–water partition coefficient (Wildman–Crippen LogP) is 6.68. The summed E-state index contributed by atoms with van der Waals surface area (Å²) >= 11 is 0. The molecule has 0 radical (unpaired) electrons. The number of unbranched alkanes of at least 4 members (excludes halogenated alkanes) is 2. The fourth-order valence-electron chi connectivity index (χ4n) is 4.76. The Bertz CT molecular complexity index is 1250. The van der Waals surface area contributed by atoms with Crippen molar-refractivity contribution in [2.75, 3.05) is 32.9 Å². The van der Waals surface area contributed by atoms with Crippen molar-refractivity contribution in [1.82, 2.24) is 4.90 Å². The maximum Gasteiger partial charge on any atom is 0.124 e. The Morgan fingerprint density at radius 2 is 1.89 bits per heavy atom. The van der Waals surface area contributed by atoms with Crippen molar-refractivity contribution >= 4 is 17.7 Å². The summed E-state index contributed by atoms with van der Waals surface area (Å²) in [4.78, 5) is 2.40. The molecule has 2 aromatic carbocycles. The topological polar surface area (TPSA) is 69.3 Å². The van der Waals surface area contributed by atoms with Gasteiger partial charge in [-0.05, 0) is 66.5 Å². The van der Waals surface area contributed by atoms with Crippen LogP contribution in [0.2, 0.25) is 0 Å². The zero-order valence-electron chi connectivity index (χ0n) is 21.7. The first-order valence-corrected chi connectivity index (χ1v) is 13.2. The number of aryl methyl sites for hydroxylation is 1. The summed E-state index contributed by atoms with van der Waals surface area (Å²) in [5, 5.41) is 18.8. The van der Waals surface area contributed by atoms with Crippen LogP contribution in [0.5, 0.6) is 5.75 Å². The zero-order valence-corrected chi connectivity index (χ0v) is 21.7. The second-order valence-electron chi connectivity index (χ2n) is 9.52. The van der Waals surface area contributed by atoms with E-state index in [2.05, 4.69) is 60.4 Å². The number of rotatable bonds is 10. The molecule has 0 N–H and O–H groups in total. The minimum absolute atomic E-state index is 0.554. The quantitative estimate of drug-likeness (QED) is 0.273. The lowest BCUT2D eigenvalue weighted by Crippen LogP contribution is -2.35. The van der Waals surface area contributed by atoms with Gasteiger partial charge in [-0.1, -0.05) is 54.6 Å². The zero-order chi connectivity index (χ0) is 25.9. The lowest BCUT2D eigenvalue weighted by molar-refractivity contribution is 0.0338. The van der Waals surface area contributed by atoms with E-state index in [1.807, 2.05) is 24.3 Å². The van der Waals surface area contributed by atoms with Gasteiger partial charge in [0.15, 0.2) is 0 Å². The van der Waals surface area contributed by atoms with E-state index < -0.39 is 0 Å². The summed E-state index contributed by atoms with van der Waals surface area (Å²) in [7, 11) is 0. The summed E-state index contributed by atoms with van der Waals surface area (Å²) in [6.07, 6.45) is 14.9. The summed E-state index contributed by atoms with van der Waals surface area (Å²) in [6.45, 7) is 6.90. The van der Waals surface area contributed by atoms with Crippen LogP contribution < -0.4 is 4.74 Å². The SMILES string of the molecule is Cc1cc(CN2CCOCC2)c(OCCCCC#N)cc1/C=C/c1cccc(C2=CCCC=C2)c1C#N. The number of hydrogen-bond acceptors (Lipinski definition) is 5. The molecule has 1 aliphatic carbocycles. The standard InChI is InChI=1S/C32H35N3O2/c1-25-21-29(24-35-16-19-36-20-17-35)32(37-18-7-3-6-15-33)22-28(25)14-13-27-11-8-12-30(31(27)23-34)26-9-4-2-5-10-26/h4,8-14,21-22H,2-3,5-7,16-20,24H2,1H3/b14-13+. The highest BCUT2D eigenvalue weighted by Gasteiger charge is 2.16. The Morgan fingerprint density at radius 1 is 1.05 bits per heavy atom. The van der Waals surface area contributed by atoms with Crippen LogP contribution in [-0.2, 0) is 11.3 Å². The van der Waals surface area contributed by atoms with Gasteiger partial charge in [-0.3, -0.25) is 4.90 Å². The maximum atomic E-state index is 9.99. The second kappa shape index (κ2) is 13.6. The van der Waals surface area contributed by atoms with Gasteiger partial charge in [-0.25, -0.2) is 0 Å². The van der Waals surface area contributed by atoms with Gasteiger partial charge >= 0.3 is 0 Å². The van der Waals surface area contributed by atoms with Crippen LogP contribution in [0.25, 0.3) is 17.7 Å². The number of allylic oxidation sites excluding steroid dienone is 4. The lowest BCUT2D eigenvalue weighted by Gasteiger charge is -2.27. The second-order valence-corrected chi connectivity index (χ2v) is 9.52. The summed E-state index contributed by atoms with van der Waals surface area (Å²) < 4.78 is 11.8. The molecule has 5 nitrogen and oxygen atoms in total. The van der Waals surface area contributed by atoms with Crippen molar-refractivity contribution < 1.29 is 9.47 Å². The maximum absolute atomic E-state index is 9.99. The van der Waals surface area contributed by atoms with E-state index in [0.717, 1.165) is 86.5 Å². The third-order valence-electron chi connectivity index (χ3n) is 6.84. The lowest BCUT2D eigenvalue weighted by atomic mass is 9.92. The first-order chi connectivity index (χ1) is 18.2. The van der Waals surface area contributed by atoms with E-state index in [1.54, 1.807) is 0 Å². The van der Waals surface area contributed by atoms with Crippen LogP contribution in [0.15, 0.2) is 48.6 Å². The highest BCUT2D eigenvalue weighted by molar-refractivity contribution is 5.83. The Balaban J connectivity index is 1.60. The van der Waals surface area contributed by atoms with Gasteiger partial charge in [0.1, 0.15) is 11.8 Å². The average molecular weight is 494 g/mol. The molecule has 0 atom stereocenters. The van der Waals surface area contributed by atoms with Crippen molar-refractivity contribution in [2.45, 2.75) is 45.6 Å². The first-order valence-electron chi connectivity index (χ1n) is 13.2. The summed E-state index contributed by atoms with van der Waals surface area (Å²) in [6, 6.07) is 15.0. The molecular weight excluding hydrogens is 458 g/mol. The molecule has 2 aliphatic rings. The van der Waals surface area contributed by atoms with Crippen LogP contribution in [0.3, 0.4) is 0 Å². The smallest absolute Gasteiger partial charge is 0.124 e. The van der Waals surface area contributed by atoms with Crippen LogP contribution in [-0.4, -0.2) is 37.8 Å². The van der Waals surface area contributed by atoms with Crippen LogP contribution in [0.1, 0.15) is 65.5 Å². The average Bonchev–Trinajstić information content (AvgIpc) is 2.94. The Labute approximate surface area is 220 Å². The Morgan fingerprint density at radius 3 is 2.65 bits per heavy atom. The molecule has 1 aliphatic heterocycles. The van der Waals surface area contributed by atoms with E-state index >= 15 is 0 Å². The van der Waals surface area contributed by atoms with Gasteiger partial charge in [0, 0.05) is 31.6 Å². The summed E-state index contributed by atoms with van der Waals surface area (Å²) in [5.74, 6) is 0.889. The van der Waals surface area contributed by atoms with E-state index in [4.69, 9.17) is 14.7 Å². The molecule has 0 saturated carbocycles. The van der Waals surface area contributed by atoms with Gasteiger partial charge in [0.25, 0.3) is 0 Å². The van der Waals surface area contributed by atoms with Crippen LogP contribution in [0, 0.1) is 29.6 Å². The molecule has 190 valence electrons. The monoisotopic (exact) mass is 493 g/mol. The molecule has 0 spiro atoms. The van der Waals surface area contributed by atoms with Crippen molar-refractivity contribution in [3.63, 3.8) is 0 Å². The molecule has 0 amide bonds. The molecule has 0 unspecified atom stereocenters. The van der Waals surface area contributed by atoms with Gasteiger partial charge < -0.3 is 9.47 Å². The van der Waals surface area contributed by atoms with Crippen LogP contribution in [0.4, 0.5) is 0 Å². The van der Waals surface area contributed by atoms with E-state index in [0.29, 0.717) is 18.6 Å². The highest BCUT2D eigenvalue weighted by atomic mass is 16.5. The van der Waals surface area contributed by atoms with Gasteiger partial charge in [-0.15, -0.1) is 0 Å². The van der Waals surface area contributed by atoms with E-state index in [-0.39, 0.29) is 0 Å². The first kappa shape index (κ1) is 26.4. The predicted molar refractivity (Wildman–Crippen MR) is 149 cm³/mol. The third kappa shape index (κ3) is 7.20. The molecule has 1 saturated heterocycles. The minimum atomic E-state index is 0.554. The normalized spacial score (nSPS) is 15.8. The fourth-order valence-corrected chi connectivity index (χ4v) is 4.76. The van der Waals surface area contributed by atoms with Gasteiger partial charge in [-0.2, -0.15) is 10.5 Å². The molecule has 0 bridgehead atoms. The molecular formula is C32H35N3O2. The third-order valence-corrected chi connectivity index (χ3v) is 6.84. The molecule has 4 rings (SSSR count). The Kier molecular flexibility index (Phi) is 9.72. The van der Waals surface area contributed by atoms with Gasteiger partial charge in [0.2, 0.25) is 0 Å². The molecule has 1 fully saturated rings. The van der Waals surface area contributed by atoms with Crippen molar-refractivity contribution in [3.05, 3.63) is 81.9 Å². The molecule has 1 heterocycles. The number of nitriles is 2. The molecule has 2 aromatic rings. The van der Waals surface area contributed by atoms with E-state index in [1.165, 1.54) is 11.1 Å². The number of hydrogen-bond donors (Lipinski definition) is 0.